The van der Waals surface area contributed by atoms with E-state index in [-0.39, 0.29) is 11.0 Å². The van der Waals surface area contributed by atoms with E-state index in [0.717, 1.165) is 12.8 Å². The van der Waals surface area contributed by atoms with E-state index in [1.165, 1.54) is 72.8 Å². The number of benzene rings is 3. The lowest BCUT2D eigenvalue weighted by Gasteiger charge is -2.48. The topological polar surface area (TPSA) is 3.88 Å². The lowest BCUT2D eigenvalue weighted by molar-refractivity contribution is -0.770. The van der Waals surface area contributed by atoms with Gasteiger partial charge in [-0.3, -0.25) is 0 Å². The van der Waals surface area contributed by atoms with Gasteiger partial charge < -0.3 is 0 Å². The second-order valence-corrected chi connectivity index (χ2v) is 14.3. The van der Waals surface area contributed by atoms with E-state index in [9.17, 15) is 0 Å². The van der Waals surface area contributed by atoms with E-state index >= 15 is 0 Å². The fourth-order valence-electron chi connectivity index (χ4n) is 7.88. The Morgan fingerprint density at radius 3 is 1.84 bits per heavy atom. The minimum Gasteiger partial charge on any atom is -0.192 e. The number of pyridine rings is 1. The molecule has 0 bridgehead atoms. The molecule has 0 saturated heterocycles. The van der Waals surface area contributed by atoms with Gasteiger partial charge in [-0.05, 0) is 118 Å². The molecule has 4 heterocycles. The van der Waals surface area contributed by atoms with Gasteiger partial charge in [0, 0.05) is 34.7 Å². The second-order valence-electron chi connectivity index (χ2n) is 12.4. The van der Waals surface area contributed by atoms with E-state index in [2.05, 4.69) is 152 Å². The van der Waals surface area contributed by atoms with E-state index in [1.807, 2.05) is 0 Å². The van der Waals surface area contributed by atoms with Gasteiger partial charge in [-0.1, -0.05) is 63.2 Å². The molecule has 0 N–H and O–H groups in total. The molecule has 3 aromatic heterocycles. The van der Waals surface area contributed by atoms with Gasteiger partial charge >= 0.3 is 0 Å². The van der Waals surface area contributed by atoms with Gasteiger partial charge in [0.2, 0.25) is 5.69 Å². The standard InChI is InChI=1S/C41H40NS2/c1-5-20-41(7-3)40(4,6-2)36-19-18-31(28-35(36)37-15-8-9-21-42(37)41)29-13-10-14-30(24-29)32-25-33(38-16-11-22-43-38)27-34(26-32)39-17-12-23-44-39/h8-19,21-28H,5-7,20H2,1-4H3/q+1. The maximum absolute atomic E-state index is 2.63. The zero-order valence-electron chi connectivity index (χ0n) is 26.1. The first kappa shape index (κ1) is 29.0. The average Bonchev–Trinajstić information content (AvgIpc) is 3.82. The molecule has 3 aromatic carbocycles. The summed E-state index contributed by atoms with van der Waals surface area (Å²) in [4.78, 5) is 2.61. The summed E-state index contributed by atoms with van der Waals surface area (Å²) in [7, 11) is 0. The smallest absolute Gasteiger partial charge is 0.192 e. The van der Waals surface area contributed by atoms with Crippen molar-refractivity contribution in [2.24, 2.45) is 0 Å². The van der Waals surface area contributed by atoms with E-state index in [1.54, 1.807) is 22.7 Å². The molecule has 0 fully saturated rings. The van der Waals surface area contributed by atoms with E-state index < -0.39 is 0 Å². The normalized spacial score (nSPS) is 19.0. The summed E-state index contributed by atoms with van der Waals surface area (Å²) in [5.41, 5.74) is 11.9. The maximum atomic E-state index is 2.63. The highest BCUT2D eigenvalue weighted by Crippen LogP contribution is 2.52. The van der Waals surface area contributed by atoms with Gasteiger partial charge in [0.1, 0.15) is 0 Å². The Morgan fingerprint density at radius 1 is 0.591 bits per heavy atom. The van der Waals surface area contributed by atoms with E-state index in [4.69, 9.17) is 0 Å². The third-order valence-corrected chi connectivity index (χ3v) is 12.1. The Morgan fingerprint density at radius 2 is 1.23 bits per heavy atom. The number of hydrogen-bond acceptors (Lipinski definition) is 2. The number of rotatable bonds is 8. The molecule has 44 heavy (non-hydrogen) atoms. The van der Waals surface area contributed by atoms with Crippen molar-refractivity contribution >= 4 is 22.7 Å². The molecule has 2 unspecified atom stereocenters. The molecule has 1 aliphatic rings. The molecule has 0 amide bonds. The Kier molecular flexibility index (Phi) is 7.64. The predicted molar refractivity (Wildman–Crippen MR) is 190 cm³/mol. The SMILES string of the molecule is CCCC1(CC)[n+]2ccccc2-c2cc(-c3cccc(-c4cc(-c5cccs5)cc(-c5cccs5)c4)c3)ccc2C1(C)CC. The van der Waals surface area contributed by atoms with Gasteiger partial charge in [0.25, 0.3) is 0 Å². The van der Waals surface area contributed by atoms with Crippen LogP contribution in [0.25, 0.3) is 54.4 Å². The number of aromatic nitrogens is 1. The second kappa shape index (κ2) is 11.6. The van der Waals surface area contributed by atoms with E-state index in [0.29, 0.717) is 0 Å². The average molecular weight is 611 g/mol. The summed E-state index contributed by atoms with van der Waals surface area (Å²) in [6.45, 7) is 9.61. The maximum Gasteiger partial charge on any atom is 0.213 e. The van der Waals surface area contributed by atoms with Crippen LogP contribution in [-0.2, 0) is 11.0 Å². The largest absolute Gasteiger partial charge is 0.213 e. The van der Waals surface area contributed by atoms with Crippen LogP contribution in [-0.4, -0.2) is 0 Å². The van der Waals surface area contributed by atoms with Crippen molar-refractivity contribution < 1.29 is 4.57 Å². The minimum atomic E-state index is 0.0485. The van der Waals surface area contributed by atoms with Crippen LogP contribution in [0.2, 0.25) is 0 Å². The predicted octanol–water partition coefficient (Wildman–Crippen LogP) is 12.0. The lowest BCUT2D eigenvalue weighted by Crippen LogP contribution is -2.69. The van der Waals surface area contributed by atoms with Crippen molar-refractivity contribution in [1.82, 2.24) is 0 Å². The quantitative estimate of drug-likeness (QED) is 0.151. The van der Waals surface area contributed by atoms with Gasteiger partial charge in [-0.25, -0.2) is 0 Å². The van der Waals surface area contributed by atoms with Crippen molar-refractivity contribution in [3.05, 3.63) is 126 Å². The van der Waals surface area contributed by atoms with Crippen LogP contribution in [0.15, 0.2) is 120 Å². The minimum absolute atomic E-state index is 0.0485. The van der Waals surface area contributed by atoms with Gasteiger partial charge in [-0.15, -0.1) is 22.7 Å². The number of thiophene rings is 2. The van der Waals surface area contributed by atoms with Gasteiger partial charge in [0.15, 0.2) is 11.7 Å². The zero-order chi connectivity index (χ0) is 30.3. The Labute approximate surface area is 270 Å². The van der Waals surface area contributed by atoms with Crippen LogP contribution in [0.1, 0.15) is 58.9 Å². The van der Waals surface area contributed by atoms with Crippen molar-refractivity contribution in [3.63, 3.8) is 0 Å². The molecule has 220 valence electrons. The third kappa shape index (κ3) is 4.60. The van der Waals surface area contributed by atoms with Crippen LogP contribution in [0.4, 0.5) is 0 Å². The van der Waals surface area contributed by atoms with Gasteiger partial charge in [0.05, 0.1) is 11.0 Å². The summed E-state index contributed by atoms with van der Waals surface area (Å²) >= 11 is 3.60. The monoisotopic (exact) mass is 610 g/mol. The number of nitrogens with zero attached hydrogens (tertiary/aromatic N) is 1. The first-order valence-electron chi connectivity index (χ1n) is 16.0. The molecule has 0 saturated carbocycles. The molecule has 0 spiro atoms. The first-order valence-corrected chi connectivity index (χ1v) is 17.8. The van der Waals surface area contributed by atoms with Crippen LogP contribution in [0.3, 0.4) is 0 Å². The molecule has 0 aliphatic carbocycles. The molecule has 1 aliphatic heterocycles. The number of hydrogen-bond donors (Lipinski definition) is 0. The highest BCUT2D eigenvalue weighted by molar-refractivity contribution is 7.14. The molecule has 3 heteroatoms. The lowest BCUT2D eigenvalue weighted by atomic mass is 9.58. The molecule has 0 radical (unpaired) electrons. The van der Waals surface area contributed by atoms with Crippen LogP contribution in [0, 0.1) is 0 Å². The summed E-state index contributed by atoms with van der Waals surface area (Å²) in [6, 6.07) is 38.9. The van der Waals surface area contributed by atoms with Crippen molar-refractivity contribution in [1.29, 1.82) is 0 Å². The summed E-state index contributed by atoms with van der Waals surface area (Å²) in [5, 5.41) is 4.33. The molecular weight excluding hydrogens is 571 g/mol. The fourth-order valence-corrected chi connectivity index (χ4v) is 9.31. The Bertz CT molecular complexity index is 1860. The molecular formula is C41H40NS2+. The summed E-state index contributed by atoms with van der Waals surface area (Å²) in [6.07, 6.45) is 6.92. The fraction of sp³-hybridized carbons (Fsp3) is 0.244. The summed E-state index contributed by atoms with van der Waals surface area (Å²) in [5.74, 6) is 0. The van der Waals surface area contributed by atoms with Crippen LogP contribution >= 0.6 is 22.7 Å². The zero-order valence-corrected chi connectivity index (χ0v) is 27.8. The Balaban J connectivity index is 1.36. The highest BCUT2D eigenvalue weighted by atomic mass is 32.1. The Hall–Kier alpha value is -3.79. The van der Waals surface area contributed by atoms with Crippen molar-refractivity contribution in [2.45, 2.75) is 64.3 Å². The molecule has 1 nitrogen and oxygen atoms in total. The number of fused-ring (bicyclic) bond motifs is 3. The third-order valence-electron chi connectivity index (χ3n) is 10.3. The molecule has 6 aromatic rings. The van der Waals surface area contributed by atoms with Crippen LogP contribution < -0.4 is 4.57 Å². The van der Waals surface area contributed by atoms with Gasteiger partial charge in [-0.2, -0.15) is 4.57 Å². The van der Waals surface area contributed by atoms with Crippen LogP contribution in [0.5, 0.6) is 0 Å². The first-order chi connectivity index (χ1) is 21.5. The molecule has 2 atom stereocenters. The summed E-state index contributed by atoms with van der Waals surface area (Å²) < 4.78 is 2.63. The highest BCUT2D eigenvalue weighted by Gasteiger charge is 2.58. The van der Waals surface area contributed by atoms with Crippen molar-refractivity contribution in [2.75, 3.05) is 0 Å². The van der Waals surface area contributed by atoms with Crippen molar-refractivity contribution in [3.8, 4) is 54.4 Å². The molecule has 7 rings (SSSR count).